The third kappa shape index (κ3) is 3.93. The molecule has 0 saturated carbocycles. The van der Waals surface area contributed by atoms with Gasteiger partial charge in [-0.2, -0.15) is 0 Å². The van der Waals surface area contributed by atoms with E-state index in [1.54, 1.807) is 0 Å². The number of nitrogens with one attached hydrogen (secondary N) is 2. The van der Waals surface area contributed by atoms with Crippen LogP contribution in [0.2, 0.25) is 5.02 Å². The van der Waals surface area contributed by atoms with E-state index in [0.717, 1.165) is 32.7 Å². The van der Waals surface area contributed by atoms with Crippen LogP contribution in [0.15, 0.2) is 77.3 Å². The highest BCUT2D eigenvalue weighted by Crippen LogP contribution is 2.33. The summed E-state index contributed by atoms with van der Waals surface area (Å²) in [5, 5.41) is 3.78. The number of fused-ring (bicyclic) bond motifs is 1. The Hall–Kier alpha value is -2.14. The lowest BCUT2D eigenvalue weighted by atomic mass is 9.95. The van der Waals surface area contributed by atoms with Crippen LogP contribution in [0, 0.1) is 0 Å². The first-order valence-electron chi connectivity index (χ1n) is 8.84. The standard InChI is InChI=1S/C22H18BrClN2O/c23-16-10-11-20-18(12-16)22(17-8-4-5-9-19(17)24)26(14-21(27)25-20)13-15-6-2-1-3-7-15/h1-12,22H,13-14H2,(H,25,27)/p+1/t22-/m0/s1. The van der Waals surface area contributed by atoms with E-state index in [0.29, 0.717) is 11.6 Å². The molecule has 0 saturated heterocycles. The van der Waals surface area contributed by atoms with Crippen molar-refractivity contribution in [2.45, 2.75) is 12.6 Å². The molecule has 1 heterocycles. The molecule has 1 unspecified atom stereocenters. The predicted molar refractivity (Wildman–Crippen MR) is 112 cm³/mol. The van der Waals surface area contributed by atoms with Gasteiger partial charge in [0, 0.05) is 21.2 Å². The lowest BCUT2D eigenvalue weighted by Gasteiger charge is -2.28. The van der Waals surface area contributed by atoms with Crippen molar-refractivity contribution in [1.29, 1.82) is 0 Å². The SMILES string of the molecule is O=C1C[NH+](Cc2ccccc2)[C@@H](c2ccccc2Cl)c2cc(Br)ccc2N1. The summed E-state index contributed by atoms with van der Waals surface area (Å²) in [6.45, 7) is 1.10. The van der Waals surface area contributed by atoms with Crippen LogP contribution in [0.3, 0.4) is 0 Å². The summed E-state index contributed by atoms with van der Waals surface area (Å²) >= 11 is 10.2. The molecule has 136 valence electrons. The van der Waals surface area contributed by atoms with E-state index in [1.807, 2.05) is 48.5 Å². The highest BCUT2D eigenvalue weighted by atomic mass is 79.9. The van der Waals surface area contributed by atoms with E-state index in [1.165, 1.54) is 5.56 Å². The summed E-state index contributed by atoms with van der Waals surface area (Å²) in [5.74, 6) is 0.0130. The molecule has 1 aliphatic rings. The van der Waals surface area contributed by atoms with Crippen LogP contribution in [0.1, 0.15) is 22.7 Å². The van der Waals surface area contributed by atoms with E-state index >= 15 is 0 Å². The number of rotatable bonds is 3. The molecule has 0 bridgehead atoms. The molecule has 0 aromatic heterocycles. The summed E-state index contributed by atoms with van der Waals surface area (Å²) in [7, 11) is 0. The van der Waals surface area contributed by atoms with Crippen molar-refractivity contribution in [3.8, 4) is 0 Å². The summed E-state index contributed by atoms with van der Waals surface area (Å²) in [6, 6.07) is 24.1. The average Bonchev–Trinajstić information content (AvgIpc) is 2.78. The zero-order valence-corrected chi connectivity index (χ0v) is 16.9. The molecule has 27 heavy (non-hydrogen) atoms. The molecule has 4 rings (SSSR count). The normalized spacial score (nSPS) is 19.1. The van der Waals surface area contributed by atoms with Gasteiger partial charge in [0.15, 0.2) is 6.54 Å². The first-order chi connectivity index (χ1) is 13.1. The lowest BCUT2D eigenvalue weighted by Crippen LogP contribution is -3.12. The number of quaternary nitrogens is 1. The highest BCUT2D eigenvalue weighted by molar-refractivity contribution is 9.10. The fourth-order valence-corrected chi connectivity index (χ4v) is 4.35. The molecule has 5 heteroatoms. The van der Waals surface area contributed by atoms with Gasteiger partial charge in [0.25, 0.3) is 5.91 Å². The Morgan fingerprint density at radius 3 is 2.52 bits per heavy atom. The van der Waals surface area contributed by atoms with Crippen LogP contribution in [0.4, 0.5) is 5.69 Å². The third-order valence-electron chi connectivity index (χ3n) is 4.88. The van der Waals surface area contributed by atoms with E-state index < -0.39 is 0 Å². The molecule has 1 aliphatic heterocycles. The first kappa shape index (κ1) is 18.2. The van der Waals surface area contributed by atoms with Crippen LogP contribution in [0.5, 0.6) is 0 Å². The van der Waals surface area contributed by atoms with Crippen molar-refractivity contribution in [3.63, 3.8) is 0 Å². The molecule has 0 spiro atoms. The Balaban J connectivity index is 1.87. The maximum absolute atomic E-state index is 12.6. The molecular weight excluding hydrogens is 424 g/mol. The smallest absolute Gasteiger partial charge is 0.279 e. The number of amides is 1. The summed E-state index contributed by atoms with van der Waals surface area (Å²) in [5.41, 5.74) is 4.13. The molecule has 3 nitrogen and oxygen atoms in total. The molecule has 3 aromatic carbocycles. The molecule has 1 amide bonds. The molecule has 0 aliphatic carbocycles. The predicted octanol–water partition coefficient (Wildman–Crippen LogP) is 4.23. The molecule has 0 fully saturated rings. The van der Waals surface area contributed by atoms with Crippen molar-refractivity contribution < 1.29 is 9.69 Å². The van der Waals surface area contributed by atoms with Crippen LogP contribution < -0.4 is 10.2 Å². The van der Waals surface area contributed by atoms with Crippen molar-refractivity contribution in [2.75, 3.05) is 11.9 Å². The second-order valence-corrected chi connectivity index (χ2v) is 8.05. The Kier molecular flexibility index (Phi) is 5.30. The van der Waals surface area contributed by atoms with Gasteiger partial charge >= 0.3 is 0 Å². The van der Waals surface area contributed by atoms with Gasteiger partial charge in [-0.1, -0.05) is 76.1 Å². The molecule has 3 aromatic rings. The molecule has 2 N–H and O–H groups in total. The Morgan fingerprint density at radius 1 is 1.00 bits per heavy atom. The van der Waals surface area contributed by atoms with E-state index in [9.17, 15) is 4.79 Å². The zero-order chi connectivity index (χ0) is 18.8. The van der Waals surface area contributed by atoms with Crippen LogP contribution in [-0.4, -0.2) is 12.5 Å². The second kappa shape index (κ2) is 7.85. The molecule has 0 radical (unpaired) electrons. The minimum Gasteiger partial charge on any atom is -0.321 e. The molecular formula is C22H19BrClN2O+. The first-order valence-corrected chi connectivity index (χ1v) is 10.0. The van der Waals surface area contributed by atoms with Crippen LogP contribution in [-0.2, 0) is 11.3 Å². The second-order valence-electron chi connectivity index (χ2n) is 6.73. The van der Waals surface area contributed by atoms with Crippen molar-refractivity contribution in [1.82, 2.24) is 0 Å². The van der Waals surface area contributed by atoms with E-state index in [-0.39, 0.29) is 11.9 Å². The highest BCUT2D eigenvalue weighted by Gasteiger charge is 2.35. The monoisotopic (exact) mass is 441 g/mol. The van der Waals surface area contributed by atoms with Crippen molar-refractivity contribution in [2.24, 2.45) is 0 Å². The number of anilines is 1. The number of carbonyl (C=O) groups is 1. The minimum atomic E-state index is -0.0506. The number of benzene rings is 3. The largest absolute Gasteiger partial charge is 0.321 e. The lowest BCUT2D eigenvalue weighted by molar-refractivity contribution is -0.931. The Bertz CT molecular complexity index is 977. The molecule has 2 atom stereocenters. The van der Waals surface area contributed by atoms with E-state index in [2.05, 4.69) is 45.5 Å². The van der Waals surface area contributed by atoms with Gasteiger partial charge in [-0.25, -0.2) is 0 Å². The van der Waals surface area contributed by atoms with Gasteiger partial charge in [-0.15, -0.1) is 0 Å². The van der Waals surface area contributed by atoms with Gasteiger partial charge in [0.2, 0.25) is 0 Å². The maximum Gasteiger partial charge on any atom is 0.279 e. The van der Waals surface area contributed by atoms with Gasteiger partial charge in [-0.3, -0.25) is 4.79 Å². The number of hydrogen-bond donors (Lipinski definition) is 2. The maximum atomic E-state index is 12.6. The Morgan fingerprint density at radius 2 is 1.74 bits per heavy atom. The zero-order valence-electron chi connectivity index (χ0n) is 14.6. The quantitative estimate of drug-likeness (QED) is 0.625. The number of hydrogen-bond acceptors (Lipinski definition) is 1. The van der Waals surface area contributed by atoms with Crippen molar-refractivity contribution >= 4 is 39.1 Å². The van der Waals surface area contributed by atoms with Gasteiger partial charge < -0.3 is 10.2 Å². The number of halogens is 2. The van der Waals surface area contributed by atoms with Gasteiger partial charge in [-0.05, 0) is 24.3 Å². The fraction of sp³-hybridized carbons (Fsp3) is 0.136. The van der Waals surface area contributed by atoms with E-state index in [4.69, 9.17) is 11.6 Å². The van der Waals surface area contributed by atoms with Gasteiger partial charge in [0.1, 0.15) is 12.6 Å². The summed E-state index contributed by atoms with van der Waals surface area (Å²) < 4.78 is 0.980. The van der Waals surface area contributed by atoms with Gasteiger partial charge in [0.05, 0.1) is 10.7 Å². The number of carbonyl (C=O) groups excluding carboxylic acids is 1. The van der Waals surface area contributed by atoms with Crippen LogP contribution >= 0.6 is 27.5 Å². The summed E-state index contributed by atoms with van der Waals surface area (Å²) in [6.07, 6.45) is 0. The topological polar surface area (TPSA) is 33.5 Å². The average molecular weight is 443 g/mol. The summed E-state index contributed by atoms with van der Waals surface area (Å²) in [4.78, 5) is 13.8. The third-order valence-corrected chi connectivity index (χ3v) is 5.72. The van der Waals surface area contributed by atoms with Crippen molar-refractivity contribution in [3.05, 3.63) is 99.0 Å². The minimum absolute atomic E-state index is 0.0130. The fourth-order valence-electron chi connectivity index (χ4n) is 3.73. The van der Waals surface area contributed by atoms with Crippen LogP contribution in [0.25, 0.3) is 0 Å². The Labute approximate surface area is 172 Å².